The molecule has 5 heteroatoms. The monoisotopic (exact) mass is 369 g/mol. The number of halogens is 1. The molecule has 2 aromatic rings. The summed E-state index contributed by atoms with van der Waals surface area (Å²) < 4.78 is 23.7. The summed E-state index contributed by atoms with van der Waals surface area (Å²) in [6, 6.07) is 12.1. The van der Waals surface area contributed by atoms with Gasteiger partial charge in [-0.15, -0.1) is 0 Å². The van der Waals surface area contributed by atoms with E-state index in [1.807, 2.05) is 42.6 Å². The van der Waals surface area contributed by atoms with Gasteiger partial charge in [0.05, 0.1) is 14.2 Å². The van der Waals surface area contributed by atoms with E-state index in [9.17, 15) is 9.50 Å². The van der Waals surface area contributed by atoms with Gasteiger partial charge in [0.15, 0.2) is 11.5 Å². The highest BCUT2D eigenvalue weighted by Crippen LogP contribution is 2.37. The highest BCUT2D eigenvalue weighted by molar-refractivity contribution is 5.50. The molecule has 1 N–H and O–H groups in total. The Kier molecular flexibility index (Phi) is 6.14. The van der Waals surface area contributed by atoms with E-state index >= 15 is 0 Å². The molecule has 27 heavy (non-hydrogen) atoms. The van der Waals surface area contributed by atoms with Gasteiger partial charge in [-0.3, -0.25) is 0 Å². The van der Waals surface area contributed by atoms with Gasteiger partial charge in [0.2, 0.25) is 0 Å². The summed E-state index contributed by atoms with van der Waals surface area (Å²) in [5, 5.41) is 10.8. The minimum atomic E-state index is -0.787. The third-order valence-corrected chi connectivity index (χ3v) is 4.68. The zero-order chi connectivity index (χ0) is 19.2. The quantitative estimate of drug-likeness (QED) is 0.804. The largest absolute Gasteiger partial charge is 0.493 e. The Hall–Kier alpha value is -2.79. The van der Waals surface area contributed by atoms with E-state index in [0.29, 0.717) is 23.6 Å². The van der Waals surface area contributed by atoms with Crippen molar-refractivity contribution in [3.05, 3.63) is 83.3 Å². The number of hydrogen-bond donors (Lipinski definition) is 1. The third kappa shape index (κ3) is 4.49. The fraction of sp³-hybridized carbons (Fsp3) is 0.273. The number of ether oxygens (including phenoxy) is 2. The maximum atomic E-state index is 13.0. The van der Waals surface area contributed by atoms with Crippen LogP contribution in [0.25, 0.3) is 0 Å². The van der Waals surface area contributed by atoms with Crippen LogP contribution in [0.5, 0.6) is 11.5 Å². The van der Waals surface area contributed by atoms with Crippen molar-refractivity contribution in [1.29, 1.82) is 0 Å². The van der Waals surface area contributed by atoms with E-state index in [-0.39, 0.29) is 5.82 Å². The average molecular weight is 369 g/mol. The summed E-state index contributed by atoms with van der Waals surface area (Å²) in [6.45, 7) is 1.53. The van der Waals surface area contributed by atoms with Crippen molar-refractivity contribution in [2.24, 2.45) is 0 Å². The number of methoxy groups -OCH3 is 2. The van der Waals surface area contributed by atoms with Crippen LogP contribution < -0.4 is 9.47 Å². The number of benzene rings is 2. The van der Waals surface area contributed by atoms with Crippen LogP contribution >= 0.6 is 0 Å². The second kappa shape index (κ2) is 8.73. The summed E-state index contributed by atoms with van der Waals surface area (Å²) in [7, 11) is 3.14. The average Bonchev–Trinajstić information content (AvgIpc) is 2.72. The molecule has 4 nitrogen and oxygen atoms in total. The van der Waals surface area contributed by atoms with Gasteiger partial charge in [-0.05, 0) is 48.0 Å². The minimum Gasteiger partial charge on any atom is -0.493 e. The second-order valence-electron chi connectivity index (χ2n) is 6.38. The number of nitrogens with zero attached hydrogens (tertiary/aromatic N) is 1. The van der Waals surface area contributed by atoms with Crippen molar-refractivity contribution in [3.8, 4) is 11.5 Å². The smallest absolute Gasteiger partial charge is 0.166 e. The maximum Gasteiger partial charge on any atom is 0.166 e. The van der Waals surface area contributed by atoms with Gasteiger partial charge >= 0.3 is 0 Å². The first-order valence-corrected chi connectivity index (χ1v) is 8.88. The molecule has 0 fully saturated rings. The van der Waals surface area contributed by atoms with E-state index in [4.69, 9.17) is 9.47 Å². The van der Waals surface area contributed by atoms with Gasteiger partial charge in [-0.2, -0.15) is 0 Å². The normalized spacial score (nSPS) is 14.7. The predicted molar refractivity (Wildman–Crippen MR) is 103 cm³/mol. The number of para-hydroxylation sites is 1. The molecule has 0 saturated heterocycles. The SMILES string of the molecule is COc1cccc(C(O)C2=CCN(CCc3ccc(F)cc3)C=C2)c1OC. The van der Waals surface area contributed by atoms with Crippen molar-refractivity contribution < 1.29 is 19.0 Å². The Bertz CT molecular complexity index is 830. The van der Waals surface area contributed by atoms with Crippen LogP contribution in [0.4, 0.5) is 4.39 Å². The molecule has 2 aromatic carbocycles. The Morgan fingerprint density at radius 2 is 1.89 bits per heavy atom. The van der Waals surface area contributed by atoms with Gasteiger partial charge in [-0.1, -0.05) is 30.3 Å². The van der Waals surface area contributed by atoms with Crippen LogP contribution in [0.1, 0.15) is 17.2 Å². The first-order valence-electron chi connectivity index (χ1n) is 8.88. The zero-order valence-electron chi connectivity index (χ0n) is 15.6. The summed E-state index contributed by atoms with van der Waals surface area (Å²) in [5.41, 5.74) is 2.59. The van der Waals surface area contributed by atoms with Crippen molar-refractivity contribution in [1.82, 2.24) is 4.90 Å². The molecule has 0 radical (unpaired) electrons. The lowest BCUT2D eigenvalue weighted by molar-refractivity contribution is 0.210. The van der Waals surface area contributed by atoms with E-state index < -0.39 is 6.10 Å². The van der Waals surface area contributed by atoms with Crippen molar-refractivity contribution in [2.75, 3.05) is 27.3 Å². The highest BCUT2D eigenvalue weighted by atomic mass is 19.1. The number of rotatable bonds is 7. The van der Waals surface area contributed by atoms with Gasteiger partial charge in [0, 0.05) is 18.7 Å². The van der Waals surface area contributed by atoms with E-state index in [1.165, 1.54) is 12.1 Å². The van der Waals surface area contributed by atoms with E-state index in [0.717, 1.165) is 24.1 Å². The molecule has 1 aliphatic heterocycles. The molecule has 1 heterocycles. The molecule has 0 aliphatic carbocycles. The molecule has 0 bridgehead atoms. The second-order valence-corrected chi connectivity index (χ2v) is 6.38. The number of aliphatic hydroxyl groups excluding tert-OH is 1. The molecular formula is C22H24FNO3. The van der Waals surface area contributed by atoms with E-state index in [2.05, 4.69) is 4.90 Å². The topological polar surface area (TPSA) is 41.9 Å². The lowest BCUT2D eigenvalue weighted by Crippen LogP contribution is -2.23. The van der Waals surface area contributed by atoms with Crippen LogP contribution in [0.15, 0.2) is 66.4 Å². The molecule has 142 valence electrons. The first-order chi connectivity index (χ1) is 13.1. The number of hydrogen-bond acceptors (Lipinski definition) is 4. The van der Waals surface area contributed by atoms with E-state index in [1.54, 1.807) is 20.3 Å². The molecule has 0 aromatic heterocycles. The standard InChI is InChI=1S/C22H24FNO3/c1-26-20-5-3-4-19(22(20)27-2)21(25)17-11-14-24(15-12-17)13-10-16-6-8-18(23)9-7-16/h3-9,11-12,14,21,25H,10,13,15H2,1-2H3. The Morgan fingerprint density at radius 1 is 1.11 bits per heavy atom. The van der Waals surface area contributed by atoms with Crippen LogP contribution in [0, 0.1) is 5.82 Å². The Balaban J connectivity index is 1.63. The summed E-state index contributed by atoms with van der Waals surface area (Å²) in [4.78, 5) is 2.16. The molecule has 1 aliphatic rings. The molecular weight excluding hydrogens is 345 g/mol. The van der Waals surface area contributed by atoms with Crippen LogP contribution in [-0.4, -0.2) is 37.3 Å². The van der Waals surface area contributed by atoms with Crippen LogP contribution in [-0.2, 0) is 6.42 Å². The molecule has 1 atom stereocenters. The lowest BCUT2D eigenvalue weighted by atomic mass is 9.98. The zero-order valence-corrected chi connectivity index (χ0v) is 15.6. The molecule has 0 saturated carbocycles. The fourth-order valence-corrected chi connectivity index (χ4v) is 3.14. The lowest BCUT2D eigenvalue weighted by Gasteiger charge is -2.25. The molecule has 1 unspecified atom stereocenters. The van der Waals surface area contributed by atoms with Crippen LogP contribution in [0.2, 0.25) is 0 Å². The van der Waals surface area contributed by atoms with Crippen molar-refractivity contribution >= 4 is 0 Å². The predicted octanol–water partition coefficient (Wildman–Crippen LogP) is 3.87. The summed E-state index contributed by atoms with van der Waals surface area (Å²) >= 11 is 0. The van der Waals surface area contributed by atoms with Gasteiger partial charge in [-0.25, -0.2) is 4.39 Å². The van der Waals surface area contributed by atoms with Gasteiger partial charge in [0.25, 0.3) is 0 Å². The highest BCUT2D eigenvalue weighted by Gasteiger charge is 2.20. The van der Waals surface area contributed by atoms with Crippen molar-refractivity contribution in [2.45, 2.75) is 12.5 Å². The fourth-order valence-electron chi connectivity index (χ4n) is 3.14. The Morgan fingerprint density at radius 3 is 2.52 bits per heavy atom. The van der Waals surface area contributed by atoms with Crippen molar-refractivity contribution in [3.63, 3.8) is 0 Å². The summed E-state index contributed by atoms with van der Waals surface area (Å²) in [5.74, 6) is 0.919. The number of aliphatic hydroxyl groups is 1. The Labute approximate surface area is 159 Å². The third-order valence-electron chi connectivity index (χ3n) is 4.68. The molecule has 0 spiro atoms. The minimum absolute atomic E-state index is 0.217. The first kappa shape index (κ1) is 19.0. The maximum absolute atomic E-state index is 13.0. The van der Waals surface area contributed by atoms with Gasteiger partial charge in [0.1, 0.15) is 11.9 Å². The van der Waals surface area contributed by atoms with Gasteiger partial charge < -0.3 is 19.5 Å². The summed E-state index contributed by atoms with van der Waals surface area (Å²) in [6.07, 6.45) is 5.95. The van der Waals surface area contributed by atoms with Crippen LogP contribution in [0.3, 0.4) is 0 Å². The molecule has 3 rings (SSSR count). The molecule has 0 amide bonds.